The normalized spacial score (nSPS) is 11.3. The molecule has 7 heteroatoms. The van der Waals surface area contributed by atoms with Crippen molar-refractivity contribution in [3.8, 4) is 0 Å². The van der Waals surface area contributed by atoms with Crippen LogP contribution in [0.15, 0.2) is 53.4 Å². The summed E-state index contributed by atoms with van der Waals surface area (Å²) in [4.78, 5) is 14.2. The Morgan fingerprint density at radius 3 is 2.24 bits per heavy atom. The molecule has 0 heterocycles. The Hall–Kier alpha value is -2.22. The van der Waals surface area contributed by atoms with Gasteiger partial charge in [0.15, 0.2) is 0 Å². The number of hydrogen-bond donors (Lipinski definition) is 1. The molecular weight excluding hydrogens is 340 g/mol. The molecule has 0 aliphatic heterocycles. The summed E-state index contributed by atoms with van der Waals surface area (Å²) < 4.78 is 31.5. The van der Waals surface area contributed by atoms with Gasteiger partial charge in [0.2, 0.25) is 10.0 Å². The lowest BCUT2D eigenvalue weighted by molar-refractivity contribution is 0.0993. The van der Waals surface area contributed by atoms with Gasteiger partial charge in [0.05, 0.1) is 11.5 Å². The minimum atomic E-state index is -3.61. The van der Waals surface area contributed by atoms with E-state index in [1.807, 2.05) is 31.2 Å². The summed E-state index contributed by atoms with van der Waals surface area (Å²) in [5, 5.41) is 0. The molecule has 0 saturated heterocycles. The second-order valence-electron chi connectivity index (χ2n) is 5.61. The fourth-order valence-corrected chi connectivity index (χ4v) is 3.23. The number of carbonyl (C=O) groups excluding carboxylic acids is 1. The standard InChI is InChI=1S/C18H22N2O4S/c1-14-4-8-16(9-5-14)20(2)18(21)15-6-10-17(11-7-15)25(22,23)19-12-13-24-3/h4-11,19H,12-13H2,1-3H3. The fourth-order valence-electron chi connectivity index (χ4n) is 2.22. The average Bonchev–Trinajstić information content (AvgIpc) is 2.61. The van der Waals surface area contributed by atoms with E-state index in [4.69, 9.17) is 4.74 Å². The second-order valence-corrected chi connectivity index (χ2v) is 7.38. The van der Waals surface area contributed by atoms with Crippen LogP contribution >= 0.6 is 0 Å². The number of ether oxygens (including phenoxy) is 1. The molecule has 1 amide bonds. The molecule has 25 heavy (non-hydrogen) atoms. The van der Waals surface area contributed by atoms with E-state index >= 15 is 0 Å². The van der Waals surface area contributed by atoms with E-state index in [1.165, 1.54) is 36.3 Å². The van der Waals surface area contributed by atoms with Gasteiger partial charge in [-0.3, -0.25) is 4.79 Å². The molecule has 0 spiro atoms. The Bertz CT molecular complexity index is 815. The number of anilines is 1. The van der Waals surface area contributed by atoms with E-state index in [0.29, 0.717) is 5.56 Å². The number of amides is 1. The summed E-state index contributed by atoms with van der Waals surface area (Å²) >= 11 is 0. The van der Waals surface area contributed by atoms with Crippen LogP contribution in [0.25, 0.3) is 0 Å². The van der Waals surface area contributed by atoms with E-state index in [-0.39, 0.29) is 24.0 Å². The smallest absolute Gasteiger partial charge is 0.258 e. The molecule has 0 unspecified atom stereocenters. The van der Waals surface area contributed by atoms with Crippen molar-refractivity contribution in [3.05, 3.63) is 59.7 Å². The van der Waals surface area contributed by atoms with Crippen molar-refractivity contribution in [2.24, 2.45) is 0 Å². The van der Waals surface area contributed by atoms with Crippen molar-refractivity contribution < 1.29 is 17.9 Å². The van der Waals surface area contributed by atoms with Gasteiger partial charge in [-0.25, -0.2) is 13.1 Å². The number of nitrogens with one attached hydrogen (secondary N) is 1. The number of hydrogen-bond acceptors (Lipinski definition) is 4. The maximum absolute atomic E-state index is 12.5. The monoisotopic (exact) mass is 362 g/mol. The van der Waals surface area contributed by atoms with Crippen LogP contribution in [0.5, 0.6) is 0 Å². The highest BCUT2D eigenvalue weighted by molar-refractivity contribution is 7.89. The number of benzene rings is 2. The van der Waals surface area contributed by atoms with Gasteiger partial charge in [0.25, 0.3) is 5.91 Å². The zero-order chi connectivity index (χ0) is 18.4. The molecule has 0 saturated carbocycles. The van der Waals surface area contributed by atoms with Crippen LogP contribution in [0, 0.1) is 6.92 Å². The largest absolute Gasteiger partial charge is 0.383 e. The first-order chi connectivity index (χ1) is 11.8. The summed E-state index contributed by atoms with van der Waals surface area (Å²) in [5.41, 5.74) is 2.30. The zero-order valence-corrected chi connectivity index (χ0v) is 15.3. The third-order valence-corrected chi connectivity index (χ3v) is 5.21. The van der Waals surface area contributed by atoms with Crippen molar-refractivity contribution >= 4 is 21.6 Å². The first-order valence-corrected chi connectivity index (χ1v) is 9.27. The Balaban J connectivity index is 2.13. The van der Waals surface area contributed by atoms with Gasteiger partial charge < -0.3 is 9.64 Å². The third-order valence-electron chi connectivity index (χ3n) is 3.74. The maximum atomic E-state index is 12.5. The lowest BCUT2D eigenvalue weighted by Gasteiger charge is -2.18. The number of aryl methyl sites for hydroxylation is 1. The molecule has 0 aliphatic rings. The third kappa shape index (κ3) is 4.88. The SMILES string of the molecule is COCCNS(=O)(=O)c1ccc(C(=O)N(C)c2ccc(C)cc2)cc1. The quantitative estimate of drug-likeness (QED) is 0.766. The van der Waals surface area contributed by atoms with E-state index in [9.17, 15) is 13.2 Å². The van der Waals surface area contributed by atoms with Crippen LogP contribution < -0.4 is 9.62 Å². The summed E-state index contributed by atoms with van der Waals surface area (Å²) in [6, 6.07) is 13.5. The molecule has 0 bridgehead atoms. The van der Waals surface area contributed by atoms with Crippen molar-refractivity contribution in [1.82, 2.24) is 4.72 Å². The molecule has 6 nitrogen and oxygen atoms in total. The molecule has 0 aliphatic carbocycles. The molecular formula is C18H22N2O4S. The molecule has 0 atom stereocenters. The number of methoxy groups -OCH3 is 1. The van der Waals surface area contributed by atoms with Gasteiger partial charge in [-0.05, 0) is 43.3 Å². The summed E-state index contributed by atoms with van der Waals surface area (Å²) in [5.74, 6) is -0.208. The van der Waals surface area contributed by atoms with Gasteiger partial charge in [-0.15, -0.1) is 0 Å². The number of sulfonamides is 1. The predicted molar refractivity (Wildman–Crippen MR) is 97.4 cm³/mol. The molecule has 1 N–H and O–H groups in total. The Kier molecular flexibility index (Phi) is 6.30. The van der Waals surface area contributed by atoms with Crippen LogP contribution in [0.1, 0.15) is 15.9 Å². The van der Waals surface area contributed by atoms with Crippen LogP contribution in [0.3, 0.4) is 0 Å². The zero-order valence-electron chi connectivity index (χ0n) is 14.5. The summed E-state index contributed by atoms with van der Waals surface area (Å²) in [7, 11) is -0.423. The average molecular weight is 362 g/mol. The minimum Gasteiger partial charge on any atom is -0.383 e. The van der Waals surface area contributed by atoms with E-state index in [2.05, 4.69) is 4.72 Å². The molecule has 2 aromatic carbocycles. The summed E-state index contributed by atoms with van der Waals surface area (Å²) in [6.45, 7) is 2.46. The molecule has 2 aromatic rings. The molecule has 0 radical (unpaired) electrons. The molecule has 0 fully saturated rings. The van der Waals surface area contributed by atoms with E-state index < -0.39 is 10.0 Å². The highest BCUT2D eigenvalue weighted by Gasteiger charge is 2.17. The maximum Gasteiger partial charge on any atom is 0.258 e. The van der Waals surface area contributed by atoms with E-state index in [0.717, 1.165) is 11.3 Å². The lowest BCUT2D eigenvalue weighted by Crippen LogP contribution is -2.28. The van der Waals surface area contributed by atoms with Gasteiger partial charge in [0.1, 0.15) is 0 Å². The highest BCUT2D eigenvalue weighted by atomic mass is 32.2. The van der Waals surface area contributed by atoms with Gasteiger partial charge in [-0.2, -0.15) is 0 Å². The van der Waals surface area contributed by atoms with Crippen LogP contribution in [-0.2, 0) is 14.8 Å². The van der Waals surface area contributed by atoms with Crippen molar-refractivity contribution in [3.63, 3.8) is 0 Å². The topological polar surface area (TPSA) is 75.7 Å². The fraction of sp³-hybridized carbons (Fsp3) is 0.278. The van der Waals surface area contributed by atoms with Crippen molar-refractivity contribution in [2.45, 2.75) is 11.8 Å². The molecule has 2 rings (SSSR count). The van der Waals surface area contributed by atoms with Crippen molar-refractivity contribution in [1.29, 1.82) is 0 Å². The van der Waals surface area contributed by atoms with Crippen LogP contribution in [-0.4, -0.2) is 41.6 Å². The summed E-state index contributed by atoms with van der Waals surface area (Å²) in [6.07, 6.45) is 0. The molecule has 134 valence electrons. The minimum absolute atomic E-state index is 0.109. The molecule has 0 aromatic heterocycles. The van der Waals surface area contributed by atoms with Gasteiger partial charge >= 0.3 is 0 Å². The number of rotatable bonds is 7. The predicted octanol–water partition coefficient (Wildman–Crippen LogP) is 2.20. The highest BCUT2D eigenvalue weighted by Crippen LogP contribution is 2.17. The van der Waals surface area contributed by atoms with Crippen molar-refractivity contribution in [2.75, 3.05) is 32.2 Å². The first-order valence-electron chi connectivity index (χ1n) is 7.78. The van der Waals surface area contributed by atoms with Gasteiger partial charge in [-0.1, -0.05) is 17.7 Å². The lowest BCUT2D eigenvalue weighted by atomic mass is 10.1. The Morgan fingerprint density at radius 1 is 1.08 bits per heavy atom. The van der Waals surface area contributed by atoms with Crippen LogP contribution in [0.2, 0.25) is 0 Å². The number of carbonyl (C=O) groups is 1. The first kappa shape index (κ1) is 19.1. The van der Waals surface area contributed by atoms with Gasteiger partial charge in [0, 0.05) is 32.0 Å². The number of nitrogens with zero attached hydrogens (tertiary/aromatic N) is 1. The second kappa shape index (κ2) is 8.24. The Morgan fingerprint density at radius 2 is 1.68 bits per heavy atom. The van der Waals surface area contributed by atoms with Crippen LogP contribution in [0.4, 0.5) is 5.69 Å². The van der Waals surface area contributed by atoms with E-state index in [1.54, 1.807) is 7.05 Å². The Labute approximate surface area is 148 Å².